The largest absolute Gasteiger partial charge is 0.304 e. The molecule has 0 spiro atoms. The van der Waals surface area contributed by atoms with Crippen LogP contribution in [0.5, 0.6) is 0 Å². The predicted octanol–water partition coefficient (Wildman–Crippen LogP) is 3.04. The first-order chi connectivity index (χ1) is 8.90. The van der Waals surface area contributed by atoms with Crippen LogP contribution in [-0.4, -0.2) is 18.2 Å². The lowest BCUT2D eigenvalue weighted by molar-refractivity contribution is -0.114. The monoisotopic (exact) mass is 263 g/mol. The molecule has 0 aliphatic carbocycles. The summed E-state index contributed by atoms with van der Waals surface area (Å²) in [5, 5.41) is 0. The highest BCUT2D eigenvalue weighted by atomic mass is 19.1. The molecule has 4 heteroatoms. The van der Waals surface area contributed by atoms with Crippen LogP contribution in [0.1, 0.15) is 37.6 Å². The molecule has 2 rings (SSSR count). The SMILES string of the molecule is CC(C)CC(C)CN1C(=O)C(=O)c2cc(F)ccc21. The molecule has 1 heterocycles. The highest BCUT2D eigenvalue weighted by Crippen LogP contribution is 2.30. The Morgan fingerprint density at radius 2 is 1.89 bits per heavy atom. The number of hydrogen-bond acceptors (Lipinski definition) is 2. The summed E-state index contributed by atoms with van der Waals surface area (Å²) in [6, 6.07) is 3.93. The fraction of sp³-hybridized carbons (Fsp3) is 0.467. The third kappa shape index (κ3) is 2.67. The van der Waals surface area contributed by atoms with Crippen LogP contribution >= 0.6 is 0 Å². The lowest BCUT2D eigenvalue weighted by Gasteiger charge is -2.22. The van der Waals surface area contributed by atoms with Crippen molar-refractivity contribution in [3.63, 3.8) is 0 Å². The molecule has 1 aliphatic heterocycles. The van der Waals surface area contributed by atoms with Crippen LogP contribution in [0, 0.1) is 17.7 Å². The molecule has 0 N–H and O–H groups in total. The van der Waals surface area contributed by atoms with E-state index in [-0.39, 0.29) is 5.56 Å². The van der Waals surface area contributed by atoms with Gasteiger partial charge in [-0.2, -0.15) is 0 Å². The zero-order chi connectivity index (χ0) is 14.2. The molecule has 3 nitrogen and oxygen atoms in total. The van der Waals surface area contributed by atoms with E-state index in [1.54, 1.807) is 0 Å². The maximum Gasteiger partial charge on any atom is 0.299 e. The second kappa shape index (κ2) is 5.11. The molecular weight excluding hydrogens is 245 g/mol. The number of carbonyl (C=O) groups is 2. The van der Waals surface area contributed by atoms with Gasteiger partial charge in [0.05, 0.1) is 11.3 Å². The summed E-state index contributed by atoms with van der Waals surface area (Å²) < 4.78 is 13.1. The minimum absolute atomic E-state index is 0.182. The van der Waals surface area contributed by atoms with Gasteiger partial charge < -0.3 is 4.90 Å². The first kappa shape index (κ1) is 13.7. The Labute approximate surface area is 112 Å². The Balaban J connectivity index is 2.24. The smallest absolute Gasteiger partial charge is 0.299 e. The summed E-state index contributed by atoms with van der Waals surface area (Å²) in [6.45, 7) is 6.80. The van der Waals surface area contributed by atoms with Crippen LogP contribution in [-0.2, 0) is 4.79 Å². The van der Waals surface area contributed by atoms with Crippen LogP contribution in [0.2, 0.25) is 0 Å². The van der Waals surface area contributed by atoms with E-state index in [0.29, 0.717) is 24.1 Å². The molecule has 1 aromatic carbocycles. The average Bonchev–Trinajstić information content (AvgIpc) is 2.53. The molecule has 19 heavy (non-hydrogen) atoms. The summed E-state index contributed by atoms with van der Waals surface area (Å²) in [7, 11) is 0. The van der Waals surface area contributed by atoms with Crippen LogP contribution < -0.4 is 4.90 Å². The minimum atomic E-state index is -0.605. The van der Waals surface area contributed by atoms with Gasteiger partial charge in [-0.15, -0.1) is 0 Å². The summed E-state index contributed by atoms with van der Waals surface area (Å²) in [5.41, 5.74) is 0.716. The number of halogens is 1. The van der Waals surface area contributed by atoms with Crippen molar-refractivity contribution in [1.82, 2.24) is 0 Å². The van der Waals surface area contributed by atoms with Gasteiger partial charge in [0.1, 0.15) is 5.82 Å². The Morgan fingerprint density at radius 1 is 1.21 bits per heavy atom. The van der Waals surface area contributed by atoms with Crippen molar-refractivity contribution in [2.24, 2.45) is 11.8 Å². The van der Waals surface area contributed by atoms with E-state index < -0.39 is 17.5 Å². The molecule has 0 fully saturated rings. The standard InChI is InChI=1S/C15H18FNO2/c1-9(2)6-10(3)8-17-13-5-4-11(16)7-12(13)14(18)15(17)19/h4-5,7,9-10H,6,8H2,1-3H3. The number of benzene rings is 1. The van der Waals surface area contributed by atoms with Gasteiger partial charge in [-0.3, -0.25) is 9.59 Å². The fourth-order valence-corrected chi connectivity index (χ4v) is 2.64. The Hall–Kier alpha value is -1.71. The fourth-order valence-electron chi connectivity index (χ4n) is 2.64. The first-order valence-corrected chi connectivity index (χ1v) is 6.56. The second-order valence-electron chi connectivity index (χ2n) is 5.64. The van der Waals surface area contributed by atoms with Gasteiger partial charge in [0, 0.05) is 6.54 Å². The Bertz CT molecular complexity index is 525. The molecule has 1 aromatic rings. The van der Waals surface area contributed by atoms with E-state index >= 15 is 0 Å². The van der Waals surface area contributed by atoms with Crippen LogP contribution in [0.15, 0.2) is 18.2 Å². The van der Waals surface area contributed by atoms with Crippen molar-refractivity contribution in [2.75, 3.05) is 11.4 Å². The molecule has 1 amide bonds. The molecule has 0 radical (unpaired) electrons. The summed E-state index contributed by atoms with van der Waals surface area (Å²) in [4.78, 5) is 25.2. The zero-order valence-corrected chi connectivity index (χ0v) is 11.4. The van der Waals surface area contributed by atoms with Crippen molar-refractivity contribution in [3.05, 3.63) is 29.6 Å². The van der Waals surface area contributed by atoms with Crippen molar-refractivity contribution >= 4 is 17.4 Å². The highest BCUT2D eigenvalue weighted by molar-refractivity contribution is 6.52. The maximum atomic E-state index is 13.1. The number of amides is 1. The van der Waals surface area contributed by atoms with Crippen LogP contribution in [0.25, 0.3) is 0 Å². The first-order valence-electron chi connectivity index (χ1n) is 6.56. The molecule has 1 atom stereocenters. The summed E-state index contributed by atoms with van der Waals surface area (Å²) >= 11 is 0. The molecule has 1 aliphatic rings. The van der Waals surface area contributed by atoms with Crippen molar-refractivity contribution in [1.29, 1.82) is 0 Å². The van der Waals surface area contributed by atoms with Gasteiger partial charge in [0.15, 0.2) is 0 Å². The minimum Gasteiger partial charge on any atom is -0.304 e. The van der Waals surface area contributed by atoms with Gasteiger partial charge in [-0.1, -0.05) is 20.8 Å². The lowest BCUT2D eigenvalue weighted by atomic mass is 9.98. The molecular formula is C15H18FNO2. The quantitative estimate of drug-likeness (QED) is 0.783. The number of nitrogens with zero attached hydrogens (tertiary/aromatic N) is 1. The van der Waals surface area contributed by atoms with Crippen LogP contribution in [0.3, 0.4) is 0 Å². The van der Waals surface area contributed by atoms with Gasteiger partial charge >= 0.3 is 0 Å². The van der Waals surface area contributed by atoms with E-state index in [1.807, 2.05) is 0 Å². The Morgan fingerprint density at radius 3 is 2.53 bits per heavy atom. The number of hydrogen-bond donors (Lipinski definition) is 0. The van der Waals surface area contributed by atoms with Crippen molar-refractivity contribution in [3.8, 4) is 0 Å². The molecule has 0 saturated heterocycles. The van der Waals surface area contributed by atoms with E-state index in [4.69, 9.17) is 0 Å². The third-order valence-corrected chi connectivity index (χ3v) is 3.30. The van der Waals surface area contributed by atoms with Gasteiger partial charge in [0.25, 0.3) is 11.7 Å². The van der Waals surface area contributed by atoms with Crippen molar-refractivity contribution < 1.29 is 14.0 Å². The number of ketones is 1. The molecule has 0 bridgehead atoms. The average molecular weight is 263 g/mol. The van der Waals surface area contributed by atoms with E-state index in [0.717, 1.165) is 12.5 Å². The topological polar surface area (TPSA) is 37.4 Å². The normalized spacial score (nSPS) is 16.2. The van der Waals surface area contributed by atoms with E-state index in [2.05, 4.69) is 20.8 Å². The highest BCUT2D eigenvalue weighted by Gasteiger charge is 2.36. The maximum absolute atomic E-state index is 13.1. The molecule has 1 unspecified atom stereocenters. The predicted molar refractivity (Wildman–Crippen MR) is 71.7 cm³/mol. The Kier molecular flexibility index (Phi) is 3.69. The molecule has 0 aromatic heterocycles. The molecule has 0 saturated carbocycles. The van der Waals surface area contributed by atoms with Crippen molar-refractivity contribution in [2.45, 2.75) is 27.2 Å². The lowest BCUT2D eigenvalue weighted by Crippen LogP contribution is -2.34. The number of carbonyl (C=O) groups excluding carboxylic acids is 2. The van der Waals surface area contributed by atoms with Gasteiger partial charge in [-0.05, 0) is 36.5 Å². The van der Waals surface area contributed by atoms with E-state index in [9.17, 15) is 14.0 Å². The van der Waals surface area contributed by atoms with Gasteiger partial charge in [0.2, 0.25) is 0 Å². The number of fused-ring (bicyclic) bond motifs is 1. The van der Waals surface area contributed by atoms with Gasteiger partial charge in [-0.25, -0.2) is 4.39 Å². The zero-order valence-electron chi connectivity index (χ0n) is 11.4. The second-order valence-corrected chi connectivity index (χ2v) is 5.64. The summed E-state index contributed by atoms with van der Waals surface area (Å²) in [5.74, 6) is -0.803. The molecule has 102 valence electrons. The number of Topliss-reactive ketones (excluding diaryl/α,β-unsaturated/α-hetero) is 1. The number of rotatable bonds is 4. The number of anilines is 1. The summed E-state index contributed by atoms with van der Waals surface area (Å²) in [6.07, 6.45) is 0.981. The van der Waals surface area contributed by atoms with E-state index in [1.165, 1.54) is 17.0 Å². The third-order valence-electron chi connectivity index (χ3n) is 3.30. The van der Waals surface area contributed by atoms with Crippen LogP contribution in [0.4, 0.5) is 10.1 Å².